The Morgan fingerprint density at radius 2 is 2.20 bits per heavy atom. The van der Waals surface area contributed by atoms with Crippen molar-refractivity contribution >= 4 is 18.5 Å². The van der Waals surface area contributed by atoms with E-state index in [1.165, 1.54) is 5.92 Å². The molecule has 0 saturated heterocycles. The van der Waals surface area contributed by atoms with Crippen LogP contribution in [0.25, 0.3) is 0 Å². The average Bonchev–Trinajstić information content (AvgIpc) is 1.59. The Kier molecular flexibility index (Phi) is 3.75. The topological polar surface area (TPSA) is 46.5 Å². The van der Waals surface area contributed by atoms with Gasteiger partial charge in [0.25, 0.3) is 0 Å². The minimum atomic E-state index is -3.77. The lowest BCUT2D eigenvalue weighted by molar-refractivity contribution is -0.122. The summed E-state index contributed by atoms with van der Waals surface area (Å²) in [6, 6.07) is 0. The lowest BCUT2D eigenvalue weighted by Gasteiger charge is -2.05. The maximum absolute atomic E-state index is 12.0. The lowest BCUT2D eigenvalue weighted by atomic mass is 10.7. The van der Waals surface area contributed by atoms with Crippen molar-refractivity contribution < 1.29 is 22.8 Å². The van der Waals surface area contributed by atoms with Crippen molar-refractivity contribution in [3.8, 4) is 11.5 Å². The molecule has 0 aliphatic heterocycles. The summed E-state index contributed by atoms with van der Waals surface area (Å²) in [5.41, 5.74) is 1.99. The minimum absolute atomic E-state index is 0.277. The molecule has 0 fully saturated rings. The molecule has 1 N–H and O–H groups in total. The predicted octanol–water partition coefficient (Wildman–Crippen LogP) is -0.696. The van der Waals surface area contributed by atoms with Crippen molar-refractivity contribution in [1.29, 1.82) is 0 Å². The zero-order valence-electron chi connectivity index (χ0n) is 5.02. The third-order valence-electron chi connectivity index (χ3n) is 0.486. The van der Waals surface area contributed by atoms with E-state index in [1.54, 1.807) is 0 Å². The van der Waals surface area contributed by atoms with Gasteiger partial charge in [-0.05, 0) is 5.92 Å². The van der Waals surface area contributed by atoms with Crippen LogP contribution in [-0.4, -0.2) is 21.2 Å². The molecule has 0 aromatic rings. The van der Waals surface area contributed by atoms with E-state index in [4.69, 9.17) is 4.89 Å². The number of hydrogen-bond donors (Lipinski definition) is 1. The van der Waals surface area contributed by atoms with Gasteiger partial charge in [0.15, 0.2) is 0 Å². The van der Waals surface area contributed by atoms with Gasteiger partial charge in [0.2, 0.25) is 0 Å². The van der Waals surface area contributed by atoms with Gasteiger partial charge in [0.1, 0.15) is 0 Å². The largest absolute Gasteiger partial charge is 0.429 e. The Bertz CT molecular complexity index is 196. The molecule has 0 aromatic heterocycles. The molecule has 0 saturated carbocycles. The summed E-state index contributed by atoms with van der Waals surface area (Å²) >= 11 is 0. The molecular formula is C3H5F2O3PSi. The Balaban J connectivity index is 4.08. The van der Waals surface area contributed by atoms with Crippen LogP contribution in [0.3, 0.4) is 0 Å². The lowest BCUT2D eigenvalue weighted by Crippen LogP contribution is -2.13. The molecule has 1 unspecified atom stereocenters. The van der Waals surface area contributed by atoms with Gasteiger partial charge >= 0.3 is 14.4 Å². The molecule has 0 rings (SSSR count). The first-order valence-corrected chi connectivity index (χ1v) is 4.48. The van der Waals surface area contributed by atoms with Crippen LogP contribution in [0.15, 0.2) is 0 Å². The Labute approximate surface area is 59.8 Å². The fourth-order valence-corrected chi connectivity index (χ4v) is 0.842. The van der Waals surface area contributed by atoms with Crippen LogP contribution < -0.4 is 0 Å². The van der Waals surface area contributed by atoms with Gasteiger partial charge in [-0.25, -0.2) is 4.52 Å². The van der Waals surface area contributed by atoms with Gasteiger partial charge in [0, 0.05) is 0 Å². The minimum Gasteiger partial charge on any atom is -0.326 e. The maximum Gasteiger partial charge on any atom is 0.429 e. The molecule has 7 heteroatoms. The van der Waals surface area contributed by atoms with Gasteiger partial charge in [-0.1, -0.05) is 0 Å². The summed E-state index contributed by atoms with van der Waals surface area (Å²) in [5, 5.41) is 0. The van der Waals surface area contributed by atoms with E-state index in [9.17, 15) is 13.3 Å². The van der Waals surface area contributed by atoms with Crippen LogP contribution in [-0.2, 0) is 9.09 Å². The van der Waals surface area contributed by atoms with Crippen molar-refractivity contribution in [3.05, 3.63) is 0 Å². The molecule has 0 bridgehead atoms. The summed E-state index contributed by atoms with van der Waals surface area (Å²) in [6.07, 6.45) is -3.77. The number of alkyl halides is 2. The first kappa shape index (κ1) is 9.79. The van der Waals surface area contributed by atoms with Gasteiger partial charge in [-0.2, -0.15) is 8.78 Å². The molecule has 0 spiro atoms. The molecular weight excluding hydrogens is 181 g/mol. The molecule has 0 heterocycles. The highest BCUT2D eigenvalue weighted by Crippen LogP contribution is 2.27. The highest BCUT2D eigenvalue weighted by molar-refractivity contribution is 7.32. The van der Waals surface area contributed by atoms with Crippen LogP contribution >= 0.6 is 8.25 Å². The van der Waals surface area contributed by atoms with Crippen LogP contribution in [0.5, 0.6) is 0 Å². The SMILES string of the molecule is O=[PH](O)OC(F)(F)C#C[SiH3]. The fraction of sp³-hybridized carbons (Fsp3) is 0.333. The number of rotatable bonds is 2. The second kappa shape index (κ2) is 3.83. The van der Waals surface area contributed by atoms with Gasteiger partial charge in [-0.3, -0.25) is 4.57 Å². The summed E-state index contributed by atoms with van der Waals surface area (Å²) in [7, 11) is -3.32. The Morgan fingerprint density at radius 1 is 1.70 bits per heavy atom. The standard InChI is InChI=1S/C3H5F2O3PSi/c4-3(5,1-2-10)8-9(6)7/h9H,10H3,(H,6,7). The monoisotopic (exact) mass is 186 g/mol. The zero-order chi connectivity index (χ0) is 8.20. The van der Waals surface area contributed by atoms with E-state index >= 15 is 0 Å². The highest BCUT2D eigenvalue weighted by Gasteiger charge is 2.28. The average molecular weight is 186 g/mol. The van der Waals surface area contributed by atoms with E-state index in [-0.39, 0.29) is 10.2 Å². The fourth-order valence-electron chi connectivity index (χ4n) is 0.281. The van der Waals surface area contributed by atoms with Crippen molar-refractivity contribution in [2.75, 3.05) is 0 Å². The number of hydrogen-bond acceptors (Lipinski definition) is 2. The van der Waals surface area contributed by atoms with E-state index in [2.05, 4.69) is 4.52 Å². The second-order valence-electron chi connectivity index (χ2n) is 1.26. The third kappa shape index (κ3) is 4.65. The molecule has 0 amide bonds. The van der Waals surface area contributed by atoms with Crippen LogP contribution in [0, 0.1) is 11.5 Å². The molecule has 10 heavy (non-hydrogen) atoms. The van der Waals surface area contributed by atoms with Crippen LogP contribution in [0.1, 0.15) is 0 Å². The molecule has 1 atom stereocenters. The summed E-state index contributed by atoms with van der Waals surface area (Å²) in [6.45, 7) is 0. The normalized spacial score (nSPS) is 13.9. The Morgan fingerprint density at radius 3 is 2.50 bits per heavy atom. The summed E-state index contributed by atoms with van der Waals surface area (Å²) < 4.78 is 36.9. The summed E-state index contributed by atoms with van der Waals surface area (Å²) in [5.74, 6) is 1.37. The molecule has 58 valence electrons. The molecule has 0 aromatic carbocycles. The second-order valence-corrected chi connectivity index (χ2v) is 2.50. The number of halogens is 2. The molecule has 3 nitrogen and oxygen atoms in total. The van der Waals surface area contributed by atoms with Gasteiger partial charge < -0.3 is 4.89 Å². The smallest absolute Gasteiger partial charge is 0.326 e. The van der Waals surface area contributed by atoms with Crippen molar-refractivity contribution in [2.24, 2.45) is 0 Å². The van der Waals surface area contributed by atoms with Crippen molar-refractivity contribution in [3.63, 3.8) is 0 Å². The van der Waals surface area contributed by atoms with E-state index in [0.29, 0.717) is 0 Å². The van der Waals surface area contributed by atoms with Crippen LogP contribution in [0.4, 0.5) is 8.78 Å². The van der Waals surface area contributed by atoms with Crippen LogP contribution in [0.2, 0.25) is 0 Å². The molecule has 0 radical (unpaired) electrons. The van der Waals surface area contributed by atoms with Gasteiger partial charge in [0.05, 0.1) is 10.2 Å². The zero-order valence-corrected chi connectivity index (χ0v) is 8.02. The first-order valence-electron chi connectivity index (χ1n) is 2.21. The van der Waals surface area contributed by atoms with Gasteiger partial charge in [-0.15, -0.1) is 5.54 Å². The highest BCUT2D eigenvalue weighted by atomic mass is 31.1. The Hall–Kier alpha value is -0.213. The van der Waals surface area contributed by atoms with Crippen molar-refractivity contribution in [2.45, 2.75) is 6.11 Å². The van der Waals surface area contributed by atoms with E-state index in [0.717, 1.165) is 0 Å². The first-order chi connectivity index (χ1) is 4.48. The van der Waals surface area contributed by atoms with Crippen molar-refractivity contribution in [1.82, 2.24) is 0 Å². The quantitative estimate of drug-likeness (QED) is 0.352. The van der Waals surface area contributed by atoms with E-state index in [1.807, 2.05) is 5.54 Å². The van der Waals surface area contributed by atoms with E-state index < -0.39 is 14.4 Å². The summed E-state index contributed by atoms with van der Waals surface area (Å²) in [4.78, 5) is 7.90. The third-order valence-corrected chi connectivity index (χ3v) is 1.17. The maximum atomic E-state index is 12.0. The molecule has 0 aliphatic rings. The predicted molar refractivity (Wildman–Crippen MR) is 35.0 cm³/mol. The molecule has 0 aliphatic carbocycles.